The Morgan fingerprint density at radius 1 is 1.18 bits per heavy atom. The zero-order valence-electron chi connectivity index (χ0n) is 18.3. The number of aryl methyl sites for hydroxylation is 1. The van der Waals surface area contributed by atoms with Crippen LogP contribution in [0.3, 0.4) is 0 Å². The Hall–Kier alpha value is -2.60. The molecule has 4 rings (SSSR count). The second-order valence-corrected chi connectivity index (χ2v) is 9.80. The van der Waals surface area contributed by atoms with E-state index < -0.39 is 10.1 Å². The summed E-state index contributed by atoms with van der Waals surface area (Å²) in [5, 5.41) is 12.4. The lowest BCUT2D eigenvalue weighted by molar-refractivity contribution is 0.0681. The maximum atomic E-state index is 10.7. The molecule has 0 spiro atoms. The highest BCUT2D eigenvalue weighted by Gasteiger charge is 2.17. The molecule has 2 aliphatic heterocycles. The Morgan fingerprint density at radius 3 is 2.52 bits per heavy atom. The van der Waals surface area contributed by atoms with Crippen molar-refractivity contribution < 1.29 is 22.8 Å². The third-order valence-electron chi connectivity index (χ3n) is 4.79. The van der Waals surface area contributed by atoms with Crippen molar-refractivity contribution in [3.63, 3.8) is 0 Å². The van der Waals surface area contributed by atoms with Gasteiger partial charge in [-0.3, -0.25) is 9.55 Å². The molecule has 0 aromatic heterocycles. The molecular formula is C22H28N4O5S2. The third-order valence-corrected chi connectivity index (χ3v) is 6.72. The summed E-state index contributed by atoms with van der Waals surface area (Å²) in [6.45, 7) is 5.61. The minimum atomic E-state index is -4.22. The van der Waals surface area contributed by atoms with E-state index in [-0.39, 0.29) is 10.6 Å². The quantitative estimate of drug-likeness (QED) is 0.332. The van der Waals surface area contributed by atoms with Crippen molar-refractivity contribution in [2.75, 3.05) is 49.7 Å². The number of phenols is 1. The lowest BCUT2D eigenvalue weighted by Crippen LogP contribution is -2.44. The van der Waals surface area contributed by atoms with Gasteiger partial charge in [0.25, 0.3) is 10.1 Å². The minimum absolute atomic E-state index is 0.187. The highest BCUT2D eigenvalue weighted by atomic mass is 32.2. The van der Waals surface area contributed by atoms with Gasteiger partial charge in [0.15, 0.2) is 0 Å². The molecule has 0 atom stereocenters. The van der Waals surface area contributed by atoms with Crippen LogP contribution in [0.2, 0.25) is 0 Å². The number of nitrogens with zero attached hydrogens (tertiary/aromatic N) is 3. The normalized spacial score (nSPS) is 17.0. The average molecular weight is 493 g/mol. The van der Waals surface area contributed by atoms with E-state index in [1.54, 1.807) is 0 Å². The number of anilines is 1. The number of para-hydroxylation sites is 1. The average Bonchev–Trinajstić information content (AvgIpc) is 2.82. The lowest BCUT2D eigenvalue weighted by atomic mass is 10.2. The first kappa shape index (κ1) is 25.0. The van der Waals surface area contributed by atoms with Crippen LogP contribution in [0.15, 0.2) is 63.4 Å². The van der Waals surface area contributed by atoms with Gasteiger partial charge in [-0.1, -0.05) is 24.3 Å². The summed E-state index contributed by atoms with van der Waals surface area (Å²) in [4.78, 5) is 11.2. The lowest BCUT2D eigenvalue weighted by Gasteiger charge is -2.30. The molecule has 0 saturated carbocycles. The number of phenolic OH excluding ortho intramolecular Hbond substituents is 1. The molecule has 1 fully saturated rings. The van der Waals surface area contributed by atoms with Gasteiger partial charge < -0.3 is 20.1 Å². The Balaban J connectivity index is 0.000000218. The van der Waals surface area contributed by atoms with Gasteiger partial charge in [-0.2, -0.15) is 25.2 Å². The molecule has 178 valence electrons. The second-order valence-electron chi connectivity index (χ2n) is 7.30. The molecule has 1 saturated heterocycles. The summed E-state index contributed by atoms with van der Waals surface area (Å²) < 4.78 is 35.4. The van der Waals surface area contributed by atoms with E-state index in [4.69, 9.17) is 19.4 Å². The number of thioether (sulfide) groups is 1. The maximum absolute atomic E-state index is 10.7. The van der Waals surface area contributed by atoms with Gasteiger partial charge >= 0.3 is 0 Å². The maximum Gasteiger partial charge on any atom is 0.294 e. The van der Waals surface area contributed by atoms with E-state index in [2.05, 4.69) is 15.2 Å². The topological polar surface area (TPSA) is 124 Å². The number of hydrogen-bond donors (Lipinski definition) is 3. The molecule has 0 amide bonds. The van der Waals surface area contributed by atoms with Gasteiger partial charge in [-0.25, -0.2) is 0 Å². The largest absolute Gasteiger partial charge is 0.508 e. The van der Waals surface area contributed by atoms with Crippen LogP contribution >= 0.6 is 11.8 Å². The van der Waals surface area contributed by atoms with Crippen LogP contribution in [0, 0.1) is 6.92 Å². The Kier molecular flexibility index (Phi) is 9.12. The number of aliphatic imine (C=N–C) groups is 2. The van der Waals surface area contributed by atoms with Crippen LogP contribution in [0.25, 0.3) is 0 Å². The minimum Gasteiger partial charge on any atom is -0.508 e. The van der Waals surface area contributed by atoms with Gasteiger partial charge in [-0.05, 0) is 30.7 Å². The number of hydrogen-bond acceptors (Lipinski definition) is 7. The molecule has 2 aliphatic rings. The molecule has 0 bridgehead atoms. The SMILES string of the molecule is Cc1ccc(O)cc1S(=O)(=O)O.c1ccc(NC(=NC2=NCCSC2)N2CCOCC2)cc1. The van der Waals surface area contributed by atoms with Crippen molar-refractivity contribution in [2.45, 2.75) is 11.8 Å². The number of rotatable bonds is 2. The van der Waals surface area contributed by atoms with E-state index in [0.717, 1.165) is 67.9 Å². The zero-order chi connectivity index (χ0) is 23.7. The van der Waals surface area contributed by atoms with Crippen LogP contribution in [0.5, 0.6) is 5.75 Å². The first-order valence-corrected chi connectivity index (χ1v) is 13.0. The number of guanidine groups is 1. The molecule has 3 N–H and O–H groups in total. The molecule has 33 heavy (non-hydrogen) atoms. The van der Waals surface area contributed by atoms with E-state index >= 15 is 0 Å². The fourth-order valence-electron chi connectivity index (χ4n) is 3.11. The van der Waals surface area contributed by atoms with Crippen molar-refractivity contribution in [3.8, 4) is 5.75 Å². The Morgan fingerprint density at radius 2 is 1.91 bits per heavy atom. The van der Waals surface area contributed by atoms with Gasteiger partial charge in [0.05, 0.1) is 25.5 Å². The number of benzene rings is 2. The fourth-order valence-corrected chi connectivity index (χ4v) is 4.56. The number of nitrogens with one attached hydrogen (secondary N) is 1. The molecular weight excluding hydrogens is 464 g/mol. The Labute approximate surface area is 198 Å². The second kappa shape index (κ2) is 12.0. The first-order chi connectivity index (χ1) is 15.8. The summed E-state index contributed by atoms with van der Waals surface area (Å²) in [6.07, 6.45) is 0. The summed E-state index contributed by atoms with van der Waals surface area (Å²) >= 11 is 1.89. The molecule has 2 heterocycles. The standard InChI is InChI=1S/C15H20N4OS.C7H8O4S/c1-2-4-13(5-3-1)17-15(19-7-9-20-10-8-19)18-14-12-21-11-6-16-14;1-5-2-3-6(8)4-7(5)12(9,10)11/h1-5H,6-12H2,(H,16,17,18);2-4,8H,1H3,(H,9,10,11). The van der Waals surface area contributed by atoms with Crippen molar-refractivity contribution in [1.29, 1.82) is 0 Å². The highest BCUT2D eigenvalue weighted by Crippen LogP contribution is 2.20. The van der Waals surface area contributed by atoms with E-state index in [9.17, 15) is 8.42 Å². The van der Waals surface area contributed by atoms with E-state index in [1.165, 1.54) is 19.1 Å². The fraction of sp³-hybridized carbons (Fsp3) is 0.364. The zero-order valence-corrected chi connectivity index (χ0v) is 20.0. The number of morpholine rings is 1. The number of amidine groups is 1. The summed E-state index contributed by atoms with van der Waals surface area (Å²) in [5.74, 6) is 3.61. The predicted molar refractivity (Wildman–Crippen MR) is 132 cm³/mol. The smallest absolute Gasteiger partial charge is 0.294 e. The first-order valence-electron chi connectivity index (χ1n) is 10.4. The number of aromatic hydroxyl groups is 1. The van der Waals surface area contributed by atoms with Gasteiger partial charge in [-0.15, -0.1) is 0 Å². The molecule has 11 heteroatoms. The highest BCUT2D eigenvalue weighted by molar-refractivity contribution is 8.00. The molecule has 0 radical (unpaired) electrons. The Bertz CT molecular complexity index is 1090. The van der Waals surface area contributed by atoms with Crippen molar-refractivity contribution in [2.24, 2.45) is 9.98 Å². The number of ether oxygens (including phenoxy) is 1. The molecule has 0 aliphatic carbocycles. The van der Waals surface area contributed by atoms with Gasteiger partial charge in [0.1, 0.15) is 16.5 Å². The summed E-state index contributed by atoms with van der Waals surface area (Å²) in [6, 6.07) is 13.9. The van der Waals surface area contributed by atoms with Crippen LogP contribution < -0.4 is 5.32 Å². The van der Waals surface area contributed by atoms with Crippen LogP contribution in [0.1, 0.15) is 5.56 Å². The molecule has 9 nitrogen and oxygen atoms in total. The van der Waals surface area contributed by atoms with Crippen LogP contribution in [-0.4, -0.2) is 79.1 Å². The van der Waals surface area contributed by atoms with Crippen LogP contribution in [0.4, 0.5) is 5.69 Å². The van der Waals surface area contributed by atoms with E-state index in [0.29, 0.717) is 5.56 Å². The van der Waals surface area contributed by atoms with Crippen molar-refractivity contribution in [1.82, 2.24) is 4.90 Å². The van der Waals surface area contributed by atoms with Crippen molar-refractivity contribution >= 4 is 39.4 Å². The molecule has 2 aromatic carbocycles. The van der Waals surface area contributed by atoms with Crippen LogP contribution in [-0.2, 0) is 14.9 Å². The molecule has 0 unspecified atom stereocenters. The van der Waals surface area contributed by atoms with Gasteiger partial charge in [0, 0.05) is 30.6 Å². The monoisotopic (exact) mass is 492 g/mol. The third kappa shape index (κ3) is 8.04. The van der Waals surface area contributed by atoms with Gasteiger partial charge in [0.2, 0.25) is 5.96 Å². The van der Waals surface area contributed by atoms with E-state index in [1.807, 2.05) is 42.1 Å². The summed E-state index contributed by atoms with van der Waals surface area (Å²) in [5.41, 5.74) is 1.45. The molecule has 2 aromatic rings. The van der Waals surface area contributed by atoms with Crippen molar-refractivity contribution in [3.05, 3.63) is 54.1 Å². The summed E-state index contributed by atoms with van der Waals surface area (Å²) in [7, 11) is -4.22. The predicted octanol–water partition coefficient (Wildman–Crippen LogP) is 2.88.